The average molecular weight is 381 g/mol. The second-order valence-electron chi connectivity index (χ2n) is 5.18. The molecular formula is C12H17BrN2O3S2. The minimum absolute atomic E-state index is 0.131. The lowest BCUT2D eigenvalue weighted by Crippen LogP contribution is -2.49. The molecule has 1 aromatic rings. The van der Waals surface area contributed by atoms with Gasteiger partial charge in [-0.1, -0.05) is 0 Å². The van der Waals surface area contributed by atoms with Crippen LogP contribution in [0.3, 0.4) is 0 Å². The molecule has 1 saturated heterocycles. The summed E-state index contributed by atoms with van der Waals surface area (Å²) in [6.07, 6.45) is 2.51. The van der Waals surface area contributed by atoms with Crippen molar-refractivity contribution >= 4 is 37.3 Å². The van der Waals surface area contributed by atoms with Crippen LogP contribution >= 0.6 is 27.3 Å². The van der Waals surface area contributed by atoms with Crippen molar-refractivity contribution in [2.45, 2.75) is 30.4 Å². The van der Waals surface area contributed by atoms with Crippen LogP contribution in [-0.2, 0) is 16.6 Å². The molecule has 2 aliphatic rings. The zero-order valence-electron chi connectivity index (χ0n) is 11.0. The van der Waals surface area contributed by atoms with Crippen LogP contribution in [0.2, 0.25) is 0 Å². The average Bonchev–Trinajstić information content (AvgIpc) is 3.21. The second-order valence-corrected chi connectivity index (χ2v) is 9.54. The molecule has 3 rings (SSSR count). The summed E-state index contributed by atoms with van der Waals surface area (Å²) in [6, 6.07) is 2.26. The van der Waals surface area contributed by atoms with Crippen LogP contribution in [0.15, 0.2) is 14.7 Å². The van der Waals surface area contributed by atoms with Gasteiger partial charge < -0.3 is 5.11 Å². The standard InChI is InChI=1S/C12H17BrN2O3S2/c13-12-11(7-10(8-16)19-12)20(17,18)15-5-3-14(4-6-15)9-1-2-9/h7,9,16H,1-6,8H2. The third kappa shape index (κ3) is 2.82. The summed E-state index contributed by atoms with van der Waals surface area (Å²) in [5.74, 6) is 0. The van der Waals surface area contributed by atoms with Crippen LogP contribution in [0.1, 0.15) is 17.7 Å². The molecular weight excluding hydrogens is 364 g/mol. The van der Waals surface area contributed by atoms with Gasteiger partial charge in [0.2, 0.25) is 10.0 Å². The first kappa shape index (κ1) is 14.9. The second kappa shape index (κ2) is 5.66. The predicted molar refractivity (Wildman–Crippen MR) is 81.3 cm³/mol. The molecule has 8 heteroatoms. The molecule has 0 atom stereocenters. The molecule has 112 valence electrons. The third-order valence-corrected chi connectivity index (χ3v) is 7.95. The van der Waals surface area contributed by atoms with E-state index in [2.05, 4.69) is 20.8 Å². The third-order valence-electron chi connectivity index (χ3n) is 3.82. The van der Waals surface area contributed by atoms with Gasteiger partial charge in [-0.15, -0.1) is 11.3 Å². The smallest absolute Gasteiger partial charge is 0.245 e. The van der Waals surface area contributed by atoms with Crippen molar-refractivity contribution in [2.75, 3.05) is 26.2 Å². The Labute approximate surface area is 131 Å². The highest BCUT2D eigenvalue weighted by molar-refractivity contribution is 9.11. The SMILES string of the molecule is O=S(=O)(c1cc(CO)sc1Br)N1CCN(C2CC2)CC1. The van der Waals surface area contributed by atoms with Gasteiger partial charge in [0.15, 0.2) is 0 Å². The van der Waals surface area contributed by atoms with Crippen LogP contribution in [-0.4, -0.2) is 55.0 Å². The Kier molecular flexibility index (Phi) is 4.22. The first-order valence-electron chi connectivity index (χ1n) is 6.65. The van der Waals surface area contributed by atoms with E-state index in [1.807, 2.05) is 0 Å². The van der Waals surface area contributed by atoms with Gasteiger partial charge in [-0.2, -0.15) is 4.31 Å². The van der Waals surface area contributed by atoms with Gasteiger partial charge in [-0.3, -0.25) is 4.90 Å². The van der Waals surface area contributed by atoms with Crippen LogP contribution < -0.4 is 0 Å². The summed E-state index contributed by atoms with van der Waals surface area (Å²) in [6.45, 7) is 2.61. The Bertz CT molecular complexity index is 590. The first-order valence-corrected chi connectivity index (χ1v) is 9.70. The number of piperazine rings is 1. The normalized spacial score (nSPS) is 22.3. The minimum atomic E-state index is -3.45. The number of thiophene rings is 1. The van der Waals surface area contributed by atoms with E-state index < -0.39 is 10.0 Å². The van der Waals surface area contributed by atoms with Crippen molar-refractivity contribution in [1.29, 1.82) is 0 Å². The van der Waals surface area contributed by atoms with E-state index >= 15 is 0 Å². The van der Waals surface area contributed by atoms with Crippen LogP contribution in [0.5, 0.6) is 0 Å². The quantitative estimate of drug-likeness (QED) is 0.858. The van der Waals surface area contributed by atoms with E-state index in [9.17, 15) is 8.42 Å². The number of hydrogen-bond acceptors (Lipinski definition) is 5. The van der Waals surface area contributed by atoms with Crippen molar-refractivity contribution in [1.82, 2.24) is 9.21 Å². The maximum absolute atomic E-state index is 12.6. The fourth-order valence-corrected chi connectivity index (χ4v) is 6.45. The molecule has 1 N–H and O–H groups in total. The molecule has 0 aromatic carbocycles. The topological polar surface area (TPSA) is 60.9 Å². The summed E-state index contributed by atoms with van der Waals surface area (Å²) >= 11 is 4.57. The zero-order chi connectivity index (χ0) is 14.3. The number of aliphatic hydroxyl groups excluding tert-OH is 1. The Morgan fingerprint density at radius 2 is 1.95 bits per heavy atom. The molecule has 0 radical (unpaired) electrons. The fourth-order valence-electron chi connectivity index (χ4n) is 2.54. The molecule has 0 amide bonds. The molecule has 2 fully saturated rings. The summed E-state index contributed by atoms with van der Waals surface area (Å²) in [5, 5.41) is 9.13. The largest absolute Gasteiger partial charge is 0.391 e. The molecule has 2 heterocycles. The Balaban J connectivity index is 1.76. The zero-order valence-corrected chi connectivity index (χ0v) is 14.2. The van der Waals surface area contributed by atoms with Gasteiger partial charge >= 0.3 is 0 Å². The van der Waals surface area contributed by atoms with E-state index in [0.717, 1.165) is 13.1 Å². The van der Waals surface area contributed by atoms with Crippen molar-refractivity contribution in [2.24, 2.45) is 0 Å². The number of rotatable bonds is 4. The molecule has 20 heavy (non-hydrogen) atoms. The van der Waals surface area contributed by atoms with Gasteiger partial charge in [-0.25, -0.2) is 8.42 Å². The predicted octanol–water partition coefficient (Wildman–Crippen LogP) is 1.47. The molecule has 0 spiro atoms. The summed E-state index contributed by atoms with van der Waals surface area (Å²) < 4.78 is 27.4. The van der Waals surface area contributed by atoms with Crippen molar-refractivity contribution in [3.05, 3.63) is 14.7 Å². The molecule has 1 aliphatic carbocycles. The highest BCUT2D eigenvalue weighted by Gasteiger charge is 2.35. The van der Waals surface area contributed by atoms with Gasteiger partial charge in [0.05, 0.1) is 10.4 Å². The van der Waals surface area contributed by atoms with E-state index in [-0.39, 0.29) is 11.5 Å². The van der Waals surface area contributed by atoms with Crippen molar-refractivity contribution in [3.63, 3.8) is 0 Å². The maximum atomic E-state index is 12.6. The summed E-state index contributed by atoms with van der Waals surface area (Å²) in [5.41, 5.74) is 0. The molecule has 0 unspecified atom stereocenters. The molecule has 0 bridgehead atoms. The van der Waals surface area contributed by atoms with Crippen molar-refractivity contribution < 1.29 is 13.5 Å². The van der Waals surface area contributed by atoms with Crippen LogP contribution in [0.25, 0.3) is 0 Å². The fraction of sp³-hybridized carbons (Fsp3) is 0.667. The van der Waals surface area contributed by atoms with Crippen LogP contribution in [0, 0.1) is 0 Å². The Morgan fingerprint density at radius 1 is 1.30 bits per heavy atom. The lowest BCUT2D eigenvalue weighted by Gasteiger charge is -2.33. The van der Waals surface area contributed by atoms with E-state index in [4.69, 9.17) is 5.11 Å². The van der Waals surface area contributed by atoms with Gasteiger partial charge in [0, 0.05) is 37.1 Å². The lowest BCUT2D eigenvalue weighted by atomic mass is 10.3. The van der Waals surface area contributed by atoms with Crippen LogP contribution in [0.4, 0.5) is 0 Å². The highest BCUT2D eigenvalue weighted by atomic mass is 79.9. The van der Waals surface area contributed by atoms with E-state index in [1.165, 1.54) is 24.2 Å². The number of hydrogen-bond donors (Lipinski definition) is 1. The number of sulfonamides is 1. The number of halogens is 1. The lowest BCUT2D eigenvalue weighted by molar-refractivity contribution is 0.180. The molecule has 5 nitrogen and oxygen atoms in total. The Morgan fingerprint density at radius 3 is 2.45 bits per heavy atom. The number of nitrogens with zero attached hydrogens (tertiary/aromatic N) is 2. The van der Waals surface area contributed by atoms with Gasteiger partial charge in [-0.05, 0) is 34.8 Å². The monoisotopic (exact) mass is 380 g/mol. The summed E-state index contributed by atoms with van der Waals surface area (Å²) in [4.78, 5) is 3.33. The van der Waals surface area contributed by atoms with Gasteiger partial charge in [0.1, 0.15) is 4.90 Å². The minimum Gasteiger partial charge on any atom is -0.391 e. The van der Waals surface area contributed by atoms with Crippen molar-refractivity contribution in [3.8, 4) is 0 Å². The van der Waals surface area contributed by atoms with Gasteiger partial charge in [0.25, 0.3) is 0 Å². The van der Waals surface area contributed by atoms with E-state index in [0.29, 0.717) is 27.8 Å². The Hall–Kier alpha value is 0.01000. The molecule has 1 aliphatic heterocycles. The maximum Gasteiger partial charge on any atom is 0.245 e. The summed E-state index contributed by atoms with van der Waals surface area (Å²) in [7, 11) is -3.45. The molecule has 1 saturated carbocycles. The van der Waals surface area contributed by atoms with E-state index in [1.54, 1.807) is 10.4 Å². The molecule has 1 aromatic heterocycles. The first-order chi connectivity index (χ1) is 9.52. The number of aliphatic hydroxyl groups is 1. The highest BCUT2D eigenvalue weighted by Crippen LogP contribution is 2.34.